The molecule has 0 heterocycles. The topological polar surface area (TPSA) is 24.7 Å². The van der Waals surface area contributed by atoms with Gasteiger partial charge in [0.1, 0.15) is 0 Å². The summed E-state index contributed by atoms with van der Waals surface area (Å²) in [6.07, 6.45) is 19.1. The Morgan fingerprint density at radius 1 is 0.909 bits per heavy atom. The maximum atomic E-state index is 4.78. The first-order valence-corrected chi connectivity index (χ1v) is 13.2. The molecule has 1 aliphatic rings. The van der Waals surface area contributed by atoms with E-state index in [1.54, 1.807) is 0 Å². The fraction of sp³-hybridized carbons (Fsp3) is 0.484. The minimum absolute atomic E-state index is 0.519. The van der Waals surface area contributed by atoms with Crippen LogP contribution in [-0.2, 0) is 6.42 Å². The molecule has 2 aromatic rings. The molecular weight excluding hydrogens is 400 g/mol. The van der Waals surface area contributed by atoms with Gasteiger partial charge in [0.15, 0.2) is 0 Å². The molecule has 1 aliphatic carbocycles. The molecule has 1 saturated carbocycles. The van der Waals surface area contributed by atoms with Crippen LogP contribution in [0.5, 0.6) is 0 Å². The largest absolute Gasteiger partial charge is 0.158 e. The Labute approximate surface area is 201 Å². The lowest BCUT2D eigenvalue weighted by Crippen LogP contribution is -2.22. The van der Waals surface area contributed by atoms with E-state index in [1.807, 2.05) is 12.3 Å². The molecule has 2 aromatic carbocycles. The van der Waals surface area contributed by atoms with Crippen molar-refractivity contribution in [3.05, 3.63) is 83.9 Å². The van der Waals surface area contributed by atoms with Gasteiger partial charge >= 0.3 is 0 Å². The normalized spacial score (nSPS) is 19.1. The van der Waals surface area contributed by atoms with Crippen molar-refractivity contribution in [2.45, 2.75) is 84.0 Å². The Kier molecular flexibility index (Phi) is 11.1. The molecule has 0 atom stereocenters. The van der Waals surface area contributed by atoms with Gasteiger partial charge in [0.2, 0.25) is 0 Å². The van der Waals surface area contributed by atoms with E-state index in [0.717, 1.165) is 30.0 Å². The second kappa shape index (κ2) is 14.6. The molecule has 1 fully saturated rings. The van der Waals surface area contributed by atoms with E-state index in [1.165, 1.54) is 75.3 Å². The second-order valence-corrected chi connectivity index (χ2v) is 9.59. The van der Waals surface area contributed by atoms with E-state index >= 15 is 0 Å². The summed E-state index contributed by atoms with van der Waals surface area (Å²) in [7, 11) is 0. The standard InChI is InChI=1S/C31H42N2/c1-3-5-7-8-10-14-27-17-19-28(20-18-27)25-32-33-31(29-15-11-9-12-16-29)30-23-21-26(22-24-30)13-6-4-2/h3,9,11-12,15-20,25-26,30H,1,4-8,10,13-14,21-24H2,2H3/t26-,30-. The van der Waals surface area contributed by atoms with Gasteiger partial charge in [-0.3, -0.25) is 0 Å². The number of hydrogen-bond acceptors (Lipinski definition) is 2. The highest BCUT2D eigenvalue weighted by Crippen LogP contribution is 2.34. The van der Waals surface area contributed by atoms with Crippen LogP contribution < -0.4 is 0 Å². The Hall–Kier alpha value is -2.48. The van der Waals surface area contributed by atoms with E-state index < -0.39 is 0 Å². The molecule has 0 amide bonds. The number of nitrogens with zero attached hydrogens (tertiary/aromatic N) is 2. The summed E-state index contributed by atoms with van der Waals surface area (Å²) in [5.41, 5.74) is 4.90. The highest BCUT2D eigenvalue weighted by atomic mass is 15.2. The van der Waals surface area contributed by atoms with Gasteiger partial charge in [-0.05, 0) is 74.0 Å². The molecule has 0 unspecified atom stereocenters. The zero-order chi connectivity index (χ0) is 23.1. The summed E-state index contributed by atoms with van der Waals surface area (Å²) in [6, 6.07) is 19.5. The van der Waals surface area contributed by atoms with Crippen LogP contribution in [0.4, 0.5) is 0 Å². The van der Waals surface area contributed by atoms with Crippen molar-refractivity contribution in [3.63, 3.8) is 0 Å². The van der Waals surface area contributed by atoms with Crippen molar-refractivity contribution in [3.8, 4) is 0 Å². The van der Waals surface area contributed by atoms with Crippen molar-refractivity contribution < 1.29 is 0 Å². The van der Waals surface area contributed by atoms with Crippen LogP contribution >= 0.6 is 0 Å². The first-order chi connectivity index (χ1) is 16.3. The van der Waals surface area contributed by atoms with Crippen LogP contribution in [0.25, 0.3) is 0 Å². The minimum Gasteiger partial charge on any atom is -0.158 e. The van der Waals surface area contributed by atoms with Crippen molar-refractivity contribution in [2.75, 3.05) is 0 Å². The number of hydrogen-bond donors (Lipinski definition) is 0. The van der Waals surface area contributed by atoms with Crippen molar-refractivity contribution in [1.29, 1.82) is 0 Å². The van der Waals surface area contributed by atoms with Gasteiger partial charge < -0.3 is 0 Å². The maximum absolute atomic E-state index is 4.78. The highest BCUT2D eigenvalue weighted by molar-refractivity contribution is 6.02. The SMILES string of the molecule is C=CCCCCCc1ccc(C=NN=C(c2ccccc2)[C@H]2CC[C@H](CCCC)CC2)cc1. The average Bonchev–Trinajstić information content (AvgIpc) is 2.87. The predicted molar refractivity (Wildman–Crippen MR) is 144 cm³/mol. The number of allylic oxidation sites excluding steroid dienone is 1. The number of unbranched alkanes of at least 4 members (excludes halogenated alkanes) is 4. The van der Waals surface area contributed by atoms with Crippen molar-refractivity contribution >= 4 is 11.9 Å². The first-order valence-electron chi connectivity index (χ1n) is 13.2. The van der Waals surface area contributed by atoms with Gasteiger partial charge in [0.05, 0.1) is 11.9 Å². The summed E-state index contributed by atoms with van der Waals surface area (Å²) in [4.78, 5) is 0. The molecule has 0 radical (unpaired) electrons. The Bertz CT molecular complexity index is 856. The number of aryl methyl sites for hydroxylation is 1. The second-order valence-electron chi connectivity index (χ2n) is 9.59. The van der Waals surface area contributed by atoms with E-state index in [-0.39, 0.29) is 0 Å². The summed E-state index contributed by atoms with van der Waals surface area (Å²) in [6.45, 7) is 6.09. The third-order valence-electron chi connectivity index (χ3n) is 6.99. The summed E-state index contributed by atoms with van der Waals surface area (Å²) in [5, 5.41) is 9.32. The van der Waals surface area contributed by atoms with Crippen LogP contribution in [0.2, 0.25) is 0 Å². The highest BCUT2D eigenvalue weighted by Gasteiger charge is 2.25. The molecule has 0 saturated heterocycles. The van der Waals surface area contributed by atoms with Crippen LogP contribution in [0, 0.1) is 11.8 Å². The Morgan fingerprint density at radius 2 is 1.67 bits per heavy atom. The Balaban J connectivity index is 1.60. The lowest BCUT2D eigenvalue weighted by molar-refractivity contribution is 0.301. The number of rotatable bonds is 13. The monoisotopic (exact) mass is 442 g/mol. The van der Waals surface area contributed by atoms with Gasteiger partial charge in [-0.1, -0.05) is 93.3 Å². The van der Waals surface area contributed by atoms with Crippen LogP contribution in [0.1, 0.15) is 94.2 Å². The molecule has 0 aromatic heterocycles. The van der Waals surface area contributed by atoms with Crippen molar-refractivity contribution in [1.82, 2.24) is 0 Å². The predicted octanol–water partition coefficient (Wildman–Crippen LogP) is 8.80. The van der Waals surface area contributed by atoms with Crippen LogP contribution in [0.3, 0.4) is 0 Å². The lowest BCUT2D eigenvalue weighted by Gasteiger charge is -2.29. The van der Waals surface area contributed by atoms with Gasteiger partial charge in [-0.25, -0.2) is 0 Å². The molecule has 3 rings (SSSR count). The van der Waals surface area contributed by atoms with E-state index in [0.29, 0.717) is 5.92 Å². The smallest absolute Gasteiger partial charge is 0.0733 e. The van der Waals surface area contributed by atoms with E-state index in [9.17, 15) is 0 Å². The molecular formula is C31H42N2. The first kappa shape index (κ1) is 25.1. The molecule has 0 spiro atoms. The average molecular weight is 443 g/mol. The summed E-state index contributed by atoms with van der Waals surface area (Å²) in [5.74, 6) is 1.42. The molecule has 0 bridgehead atoms. The lowest BCUT2D eigenvalue weighted by atomic mass is 9.76. The fourth-order valence-corrected chi connectivity index (χ4v) is 4.92. The molecule has 0 N–H and O–H groups in total. The fourth-order valence-electron chi connectivity index (χ4n) is 4.92. The Morgan fingerprint density at radius 3 is 2.36 bits per heavy atom. The summed E-state index contributed by atoms with van der Waals surface area (Å²) >= 11 is 0. The number of benzene rings is 2. The molecule has 33 heavy (non-hydrogen) atoms. The summed E-state index contributed by atoms with van der Waals surface area (Å²) < 4.78 is 0. The van der Waals surface area contributed by atoms with E-state index in [4.69, 9.17) is 5.10 Å². The zero-order valence-electron chi connectivity index (χ0n) is 20.6. The zero-order valence-corrected chi connectivity index (χ0v) is 20.6. The van der Waals surface area contributed by atoms with Crippen molar-refractivity contribution in [2.24, 2.45) is 22.0 Å². The minimum atomic E-state index is 0.519. The molecule has 0 aliphatic heterocycles. The molecule has 2 nitrogen and oxygen atoms in total. The quantitative estimate of drug-likeness (QED) is 0.128. The molecule has 176 valence electrons. The third-order valence-corrected chi connectivity index (χ3v) is 6.99. The van der Waals surface area contributed by atoms with Gasteiger partial charge in [-0.2, -0.15) is 10.2 Å². The third kappa shape index (κ3) is 8.76. The maximum Gasteiger partial charge on any atom is 0.0733 e. The van der Waals surface area contributed by atoms with Gasteiger partial charge in [0.25, 0.3) is 0 Å². The van der Waals surface area contributed by atoms with Gasteiger partial charge in [-0.15, -0.1) is 6.58 Å². The van der Waals surface area contributed by atoms with Crippen LogP contribution in [0.15, 0.2) is 77.5 Å². The van der Waals surface area contributed by atoms with Gasteiger partial charge in [0, 0.05) is 5.92 Å². The molecule has 2 heteroatoms. The van der Waals surface area contributed by atoms with E-state index in [2.05, 4.69) is 73.2 Å². The van der Waals surface area contributed by atoms with Crippen LogP contribution in [-0.4, -0.2) is 11.9 Å².